The summed E-state index contributed by atoms with van der Waals surface area (Å²) in [4.78, 5) is 0. The maximum absolute atomic E-state index is 5.06. The molecule has 47 valence electrons. The van der Waals surface area contributed by atoms with E-state index in [1.807, 2.05) is 0 Å². The predicted octanol–water partition coefficient (Wildman–Crippen LogP) is -0.258. The van der Waals surface area contributed by atoms with Gasteiger partial charge in [0.15, 0.2) is 0 Å². The molecule has 1 rings (SSSR count). The monoisotopic (exact) mass is 116 g/mol. The van der Waals surface area contributed by atoms with Crippen LogP contribution in [0.4, 0.5) is 0 Å². The van der Waals surface area contributed by atoms with Crippen molar-refractivity contribution in [1.29, 1.82) is 0 Å². The van der Waals surface area contributed by atoms with Crippen LogP contribution >= 0.6 is 0 Å². The van der Waals surface area contributed by atoms with Gasteiger partial charge in [-0.3, -0.25) is 0 Å². The Labute approximate surface area is 49.0 Å². The quantitative estimate of drug-likeness (QED) is 0.512. The van der Waals surface area contributed by atoms with Gasteiger partial charge in [-0.15, -0.1) is 0 Å². The lowest BCUT2D eigenvalue weighted by atomic mass is 10.5. The summed E-state index contributed by atoms with van der Waals surface area (Å²) >= 11 is 0. The molecule has 0 atom stereocenters. The third kappa shape index (κ3) is 1.43. The largest absolute Gasteiger partial charge is 0.348 e. The lowest BCUT2D eigenvalue weighted by Crippen LogP contribution is -2.34. The number of hydrogen-bond donors (Lipinski definition) is 1. The van der Waals surface area contributed by atoms with E-state index in [-0.39, 0.29) is 0 Å². The van der Waals surface area contributed by atoms with Crippen molar-refractivity contribution >= 4 is 0 Å². The molecule has 0 amide bonds. The molecule has 0 saturated carbocycles. The van der Waals surface area contributed by atoms with Crippen molar-refractivity contribution in [3.05, 3.63) is 6.29 Å². The molecule has 1 aliphatic rings. The van der Waals surface area contributed by atoms with Crippen molar-refractivity contribution in [2.24, 2.45) is 0 Å². The molecule has 8 heavy (non-hydrogen) atoms. The minimum absolute atomic E-state index is 0.691. The second kappa shape index (κ2) is 3.02. The van der Waals surface area contributed by atoms with Crippen molar-refractivity contribution < 1.29 is 9.47 Å². The average Bonchev–Trinajstić information content (AvgIpc) is 1.90. The average molecular weight is 116 g/mol. The molecular formula is C5H10NO2. The van der Waals surface area contributed by atoms with Gasteiger partial charge in [0.2, 0.25) is 6.29 Å². The first-order chi connectivity index (χ1) is 3.93. The van der Waals surface area contributed by atoms with Crippen LogP contribution < -0.4 is 5.32 Å². The van der Waals surface area contributed by atoms with Gasteiger partial charge in [0, 0.05) is 13.7 Å². The van der Waals surface area contributed by atoms with Gasteiger partial charge in [0.1, 0.15) is 0 Å². The standard InChI is InChI=1S/C5H10NO2/c1-7-5-4-6-2-3-8-5/h6H,2-4H2,1H3. The Morgan fingerprint density at radius 2 is 2.62 bits per heavy atom. The molecule has 1 N–H and O–H groups in total. The summed E-state index contributed by atoms with van der Waals surface area (Å²) in [7, 11) is 1.61. The first kappa shape index (κ1) is 6.01. The maximum atomic E-state index is 5.06. The molecule has 0 spiro atoms. The van der Waals surface area contributed by atoms with Crippen LogP contribution in [-0.2, 0) is 9.47 Å². The van der Waals surface area contributed by atoms with Crippen LogP contribution in [0.2, 0.25) is 0 Å². The van der Waals surface area contributed by atoms with Crippen LogP contribution in [0.3, 0.4) is 0 Å². The fourth-order valence-corrected chi connectivity index (χ4v) is 0.610. The minimum Gasteiger partial charge on any atom is -0.348 e. The number of morpholine rings is 1. The molecule has 1 radical (unpaired) electrons. The molecule has 3 heteroatoms. The third-order valence-corrected chi connectivity index (χ3v) is 1.04. The third-order valence-electron chi connectivity index (χ3n) is 1.04. The second-order valence-electron chi connectivity index (χ2n) is 1.60. The maximum Gasteiger partial charge on any atom is 0.237 e. The molecule has 0 aromatic rings. The molecule has 0 aromatic heterocycles. The summed E-state index contributed by atoms with van der Waals surface area (Å²) in [6.07, 6.45) is 0.691. The Kier molecular flexibility index (Phi) is 2.27. The highest BCUT2D eigenvalue weighted by molar-refractivity contribution is 4.72. The van der Waals surface area contributed by atoms with Gasteiger partial charge in [0.05, 0.1) is 13.2 Å². The lowest BCUT2D eigenvalue weighted by molar-refractivity contribution is -0.0396. The second-order valence-corrected chi connectivity index (χ2v) is 1.60. The zero-order valence-electron chi connectivity index (χ0n) is 4.94. The van der Waals surface area contributed by atoms with Gasteiger partial charge in [-0.2, -0.15) is 0 Å². The number of ether oxygens (including phenoxy) is 2. The summed E-state index contributed by atoms with van der Waals surface area (Å²) in [5, 5.41) is 3.10. The van der Waals surface area contributed by atoms with Crippen LogP contribution in [0, 0.1) is 6.29 Å². The Morgan fingerprint density at radius 1 is 1.75 bits per heavy atom. The zero-order chi connectivity index (χ0) is 5.82. The van der Waals surface area contributed by atoms with Crippen molar-refractivity contribution in [1.82, 2.24) is 5.32 Å². The molecule has 1 fully saturated rings. The van der Waals surface area contributed by atoms with E-state index in [2.05, 4.69) is 5.32 Å². The van der Waals surface area contributed by atoms with E-state index < -0.39 is 0 Å². The highest BCUT2D eigenvalue weighted by Crippen LogP contribution is 2.03. The van der Waals surface area contributed by atoms with Crippen LogP contribution in [-0.4, -0.2) is 26.8 Å². The van der Waals surface area contributed by atoms with Gasteiger partial charge in [-0.25, -0.2) is 0 Å². The Morgan fingerprint density at radius 3 is 3.00 bits per heavy atom. The molecule has 1 saturated heterocycles. The minimum atomic E-state index is 0.691. The van der Waals surface area contributed by atoms with Crippen LogP contribution in [0.5, 0.6) is 0 Å². The van der Waals surface area contributed by atoms with E-state index in [4.69, 9.17) is 9.47 Å². The summed E-state index contributed by atoms with van der Waals surface area (Å²) in [6, 6.07) is 0. The molecule has 0 aliphatic carbocycles. The van der Waals surface area contributed by atoms with Crippen molar-refractivity contribution in [2.45, 2.75) is 0 Å². The molecule has 0 bridgehead atoms. The van der Waals surface area contributed by atoms with Gasteiger partial charge in [0.25, 0.3) is 0 Å². The molecule has 0 aromatic carbocycles. The summed E-state index contributed by atoms with van der Waals surface area (Å²) < 4.78 is 9.88. The van der Waals surface area contributed by atoms with Gasteiger partial charge in [-0.1, -0.05) is 0 Å². The number of nitrogens with one attached hydrogen (secondary N) is 1. The number of methoxy groups -OCH3 is 1. The normalized spacial score (nSPS) is 23.6. The fourth-order valence-electron chi connectivity index (χ4n) is 0.610. The van der Waals surface area contributed by atoms with Crippen molar-refractivity contribution in [3.8, 4) is 0 Å². The van der Waals surface area contributed by atoms with E-state index in [0.29, 0.717) is 6.29 Å². The number of hydrogen-bond acceptors (Lipinski definition) is 3. The molecule has 0 unspecified atom stereocenters. The van der Waals surface area contributed by atoms with Crippen LogP contribution in [0.15, 0.2) is 0 Å². The first-order valence-electron chi connectivity index (χ1n) is 2.67. The topological polar surface area (TPSA) is 30.5 Å². The van der Waals surface area contributed by atoms with Gasteiger partial charge in [-0.05, 0) is 0 Å². The molecule has 1 heterocycles. The molecule has 1 aliphatic heterocycles. The first-order valence-corrected chi connectivity index (χ1v) is 2.67. The van der Waals surface area contributed by atoms with Gasteiger partial charge >= 0.3 is 0 Å². The smallest absolute Gasteiger partial charge is 0.237 e. The zero-order valence-corrected chi connectivity index (χ0v) is 4.94. The van der Waals surface area contributed by atoms with E-state index in [1.165, 1.54) is 0 Å². The number of rotatable bonds is 1. The van der Waals surface area contributed by atoms with Crippen LogP contribution in [0.25, 0.3) is 0 Å². The van der Waals surface area contributed by atoms with Crippen LogP contribution in [0.1, 0.15) is 0 Å². The summed E-state index contributed by atoms with van der Waals surface area (Å²) in [5.41, 5.74) is 0. The Balaban J connectivity index is 2.13. The highest BCUT2D eigenvalue weighted by Gasteiger charge is 2.12. The predicted molar refractivity (Wildman–Crippen MR) is 29.1 cm³/mol. The summed E-state index contributed by atoms with van der Waals surface area (Å²) in [6.45, 7) is 2.38. The van der Waals surface area contributed by atoms with E-state index in [9.17, 15) is 0 Å². The molecular weight excluding hydrogens is 106 g/mol. The fraction of sp³-hybridized carbons (Fsp3) is 0.800. The Bertz CT molecular complexity index is 61.4. The SMILES string of the molecule is CO[C]1CNCCO1. The van der Waals surface area contributed by atoms with E-state index >= 15 is 0 Å². The van der Waals surface area contributed by atoms with Crippen molar-refractivity contribution in [3.63, 3.8) is 0 Å². The molecule has 3 nitrogen and oxygen atoms in total. The van der Waals surface area contributed by atoms with E-state index in [1.54, 1.807) is 7.11 Å². The highest BCUT2D eigenvalue weighted by atomic mass is 16.7. The van der Waals surface area contributed by atoms with Crippen molar-refractivity contribution in [2.75, 3.05) is 26.8 Å². The Hall–Kier alpha value is -0.120. The van der Waals surface area contributed by atoms with Gasteiger partial charge < -0.3 is 14.8 Å². The lowest BCUT2D eigenvalue weighted by Gasteiger charge is -2.19. The van der Waals surface area contributed by atoms with E-state index in [0.717, 1.165) is 19.7 Å². The summed E-state index contributed by atoms with van der Waals surface area (Å²) in [5.74, 6) is 0.